The second-order valence-corrected chi connectivity index (χ2v) is 7.51. The van der Waals surface area contributed by atoms with Crippen LogP contribution in [0.5, 0.6) is 5.75 Å². The molecule has 0 saturated carbocycles. The Labute approximate surface area is 187 Å². The van der Waals surface area contributed by atoms with Crippen molar-refractivity contribution in [3.63, 3.8) is 0 Å². The number of hydrogen-bond acceptors (Lipinski definition) is 6. The van der Waals surface area contributed by atoms with E-state index >= 15 is 0 Å². The molecule has 3 N–H and O–H groups in total. The number of benzene rings is 2. The average Bonchev–Trinajstić information content (AvgIpc) is 3.17. The van der Waals surface area contributed by atoms with Gasteiger partial charge in [0.05, 0.1) is 4.92 Å². The van der Waals surface area contributed by atoms with Gasteiger partial charge in [-0.2, -0.15) is 0 Å². The molecule has 1 aromatic heterocycles. The molecule has 0 atom stereocenters. The number of halogens is 1. The largest absolute Gasteiger partial charge is 0.492 e. The minimum Gasteiger partial charge on any atom is -0.492 e. The number of nitrogens with one attached hydrogen (secondary N) is 1. The molecule has 0 bridgehead atoms. The van der Waals surface area contributed by atoms with Crippen LogP contribution in [0.2, 0.25) is 0 Å². The van der Waals surface area contributed by atoms with Gasteiger partial charge in [-0.3, -0.25) is 15.0 Å². The second-order valence-electron chi connectivity index (χ2n) is 7.51. The van der Waals surface area contributed by atoms with Crippen LogP contribution in [-0.2, 0) is 6.42 Å². The average molecular weight is 446 g/mol. The van der Waals surface area contributed by atoms with E-state index in [4.69, 9.17) is 10.5 Å². The number of anilines is 1. The number of aromatic amines is 1. The number of non-ortho nitro benzene ring substituents is 1. The third-order valence-corrected chi connectivity index (χ3v) is 5.63. The summed E-state index contributed by atoms with van der Waals surface area (Å²) in [6.07, 6.45) is 2.87. The molecule has 1 aliphatic rings. The van der Waals surface area contributed by atoms with Crippen molar-refractivity contribution in [2.24, 2.45) is 5.73 Å². The third kappa shape index (κ3) is 5.46. The quantitative estimate of drug-likeness (QED) is 0.408. The zero-order valence-corrected chi connectivity index (χ0v) is 18.1. The Morgan fingerprint density at radius 2 is 1.84 bits per heavy atom. The van der Waals surface area contributed by atoms with Crippen molar-refractivity contribution in [1.82, 2.24) is 9.88 Å². The van der Waals surface area contributed by atoms with Crippen LogP contribution < -0.4 is 15.4 Å². The summed E-state index contributed by atoms with van der Waals surface area (Å²) in [7, 11) is 0. The highest BCUT2D eigenvalue weighted by Gasteiger charge is 2.18. The van der Waals surface area contributed by atoms with Gasteiger partial charge in [0, 0.05) is 67.6 Å². The molecule has 2 aromatic carbocycles. The SMILES string of the molecule is Cl.NCCc1c[nH]c2ccc(OCCN3CCN(c4ccc([N+](=O)[O-])cc4)CC3)cc12. The lowest BCUT2D eigenvalue weighted by molar-refractivity contribution is -0.384. The van der Waals surface area contributed by atoms with Crippen LogP contribution in [0.15, 0.2) is 48.7 Å². The lowest BCUT2D eigenvalue weighted by Gasteiger charge is -2.36. The minimum atomic E-state index is -0.367. The number of fused-ring (bicyclic) bond motifs is 1. The van der Waals surface area contributed by atoms with Gasteiger partial charge in [0.1, 0.15) is 12.4 Å². The molecule has 31 heavy (non-hydrogen) atoms. The summed E-state index contributed by atoms with van der Waals surface area (Å²) < 4.78 is 6.00. The Morgan fingerprint density at radius 1 is 1.10 bits per heavy atom. The number of nitrogens with two attached hydrogens (primary N) is 1. The zero-order valence-electron chi connectivity index (χ0n) is 17.3. The second kappa shape index (κ2) is 10.5. The fourth-order valence-corrected chi connectivity index (χ4v) is 3.92. The van der Waals surface area contributed by atoms with E-state index < -0.39 is 0 Å². The number of H-pyrrole nitrogens is 1. The van der Waals surface area contributed by atoms with Gasteiger partial charge in [0.2, 0.25) is 0 Å². The van der Waals surface area contributed by atoms with E-state index in [-0.39, 0.29) is 23.0 Å². The van der Waals surface area contributed by atoms with Crippen LogP contribution >= 0.6 is 12.4 Å². The smallest absolute Gasteiger partial charge is 0.269 e. The standard InChI is InChI=1S/C22H27N5O3.ClH/c23-8-7-17-16-24-22-6-5-20(15-21(17)22)30-14-13-25-9-11-26(12-10-25)18-1-3-19(4-2-18)27(28)29;/h1-6,15-16,24H,7-14,23H2;1H. The van der Waals surface area contributed by atoms with Gasteiger partial charge in [0.15, 0.2) is 0 Å². The predicted octanol–water partition coefficient (Wildman–Crippen LogP) is 3.20. The molecular formula is C22H28ClN5O3. The minimum absolute atomic E-state index is 0. The van der Waals surface area contributed by atoms with E-state index in [1.54, 1.807) is 12.1 Å². The van der Waals surface area contributed by atoms with E-state index in [1.807, 2.05) is 30.5 Å². The monoisotopic (exact) mass is 445 g/mol. The number of hydrogen-bond donors (Lipinski definition) is 2. The van der Waals surface area contributed by atoms with Crippen molar-refractivity contribution < 1.29 is 9.66 Å². The first-order valence-corrected chi connectivity index (χ1v) is 10.3. The number of nitro groups is 1. The van der Waals surface area contributed by atoms with E-state index in [9.17, 15) is 10.1 Å². The summed E-state index contributed by atoms with van der Waals surface area (Å²) in [5.74, 6) is 0.880. The summed E-state index contributed by atoms with van der Waals surface area (Å²) in [5.41, 5.74) is 9.18. The van der Waals surface area contributed by atoms with Crippen LogP contribution in [0.4, 0.5) is 11.4 Å². The highest BCUT2D eigenvalue weighted by molar-refractivity contribution is 5.85. The Kier molecular flexibility index (Phi) is 7.73. The lowest BCUT2D eigenvalue weighted by Crippen LogP contribution is -2.47. The summed E-state index contributed by atoms with van der Waals surface area (Å²) >= 11 is 0. The van der Waals surface area contributed by atoms with Crippen molar-refractivity contribution in [3.8, 4) is 5.75 Å². The molecule has 0 spiro atoms. The Morgan fingerprint density at radius 3 is 2.52 bits per heavy atom. The van der Waals surface area contributed by atoms with E-state index in [0.717, 1.165) is 56.1 Å². The number of piperazine rings is 1. The predicted molar refractivity (Wildman–Crippen MR) is 126 cm³/mol. The maximum Gasteiger partial charge on any atom is 0.269 e. The number of aromatic nitrogens is 1. The fourth-order valence-electron chi connectivity index (χ4n) is 3.92. The molecule has 3 aromatic rings. The molecule has 8 nitrogen and oxygen atoms in total. The van der Waals surface area contributed by atoms with Gasteiger partial charge in [-0.1, -0.05) is 0 Å². The summed E-state index contributed by atoms with van der Waals surface area (Å²) in [6, 6.07) is 12.9. The first kappa shape index (κ1) is 22.9. The highest BCUT2D eigenvalue weighted by Crippen LogP contribution is 2.24. The summed E-state index contributed by atoms with van der Waals surface area (Å²) in [6.45, 7) is 5.82. The zero-order chi connectivity index (χ0) is 20.9. The Hall–Kier alpha value is -2.81. The van der Waals surface area contributed by atoms with Crippen LogP contribution in [0.1, 0.15) is 5.56 Å². The van der Waals surface area contributed by atoms with E-state index in [2.05, 4.69) is 20.9 Å². The fraction of sp³-hybridized carbons (Fsp3) is 0.364. The molecule has 0 unspecified atom stereocenters. The highest BCUT2D eigenvalue weighted by atomic mass is 35.5. The van der Waals surface area contributed by atoms with Gasteiger partial charge in [-0.25, -0.2) is 0 Å². The van der Waals surface area contributed by atoms with Crippen molar-refractivity contribution in [2.45, 2.75) is 6.42 Å². The van der Waals surface area contributed by atoms with Gasteiger partial charge in [-0.15, -0.1) is 12.4 Å². The normalized spacial score (nSPS) is 14.4. The molecular weight excluding hydrogens is 418 g/mol. The molecule has 166 valence electrons. The van der Waals surface area contributed by atoms with Crippen LogP contribution in [0.3, 0.4) is 0 Å². The van der Waals surface area contributed by atoms with Crippen LogP contribution in [-0.4, -0.2) is 60.7 Å². The molecule has 1 saturated heterocycles. The van der Waals surface area contributed by atoms with Gasteiger partial charge in [0.25, 0.3) is 5.69 Å². The van der Waals surface area contributed by atoms with E-state index in [1.165, 1.54) is 10.9 Å². The molecule has 4 rings (SSSR count). The molecule has 0 amide bonds. The number of nitrogens with zero attached hydrogens (tertiary/aromatic N) is 3. The first-order valence-electron chi connectivity index (χ1n) is 10.3. The molecule has 0 aliphatic carbocycles. The van der Waals surface area contributed by atoms with Crippen LogP contribution in [0, 0.1) is 10.1 Å². The lowest BCUT2D eigenvalue weighted by atomic mass is 10.1. The number of rotatable bonds is 8. The topological polar surface area (TPSA) is 101 Å². The number of ether oxygens (including phenoxy) is 1. The molecule has 9 heteroatoms. The van der Waals surface area contributed by atoms with E-state index in [0.29, 0.717) is 13.2 Å². The summed E-state index contributed by atoms with van der Waals surface area (Å²) in [4.78, 5) is 18.4. The molecule has 0 radical (unpaired) electrons. The van der Waals surface area contributed by atoms with Crippen molar-refractivity contribution in [1.29, 1.82) is 0 Å². The van der Waals surface area contributed by atoms with Gasteiger partial charge < -0.3 is 20.4 Å². The molecule has 1 fully saturated rings. The van der Waals surface area contributed by atoms with Crippen molar-refractivity contribution >= 4 is 34.7 Å². The summed E-state index contributed by atoms with van der Waals surface area (Å²) in [5, 5.41) is 12.0. The molecule has 1 aliphatic heterocycles. The van der Waals surface area contributed by atoms with Gasteiger partial charge >= 0.3 is 0 Å². The third-order valence-electron chi connectivity index (χ3n) is 5.63. The Balaban J connectivity index is 0.00000272. The molecule has 2 heterocycles. The number of nitro benzene ring substituents is 1. The van der Waals surface area contributed by atoms with Crippen LogP contribution in [0.25, 0.3) is 10.9 Å². The van der Waals surface area contributed by atoms with Crippen molar-refractivity contribution in [3.05, 3.63) is 64.3 Å². The van der Waals surface area contributed by atoms with Crippen molar-refractivity contribution in [2.75, 3.05) is 50.8 Å². The maximum atomic E-state index is 10.8. The van der Waals surface area contributed by atoms with Gasteiger partial charge in [-0.05, 0) is 48.9 Å². The first-order chi connectivity index (χ1) is 14.6. The Bertz CT molecular complexity index is 1000. The maximum absolute atomic E-state index is 10.8.